The maximum Gasteiger partial charge on any atom is 0.309 e. The van der Waals surface area contributed by atoms with Crippen molar-refractivity contribution in [3.63, 3.8) is 0 Å². The number of hydrogen-bond donors (Lipinski definition) is 1. The molecule has 0 aliphatic heterocycles. The summed E-state index contributed by atoms with van der Waals surface area (Å²) in [6, 6.07) is 8.12. The zero-order valence-electron chi connectivity index (χ0n) is 10.6. The molecule has 1 atom stereocenters. The molecule has 0 radical (unpaired) electrons. The van der Waals surface area contributed by atoms with E-state index in [9.17, 15) is 4.79 Å². The average Bonchev–Trinajstić information content (AvgIpc) is 2.29. The van der Waals surface area contributed by atoms with Crippen LogP contribution in [-0.2, 0) is 16.0 Å². The van der Waals surface area contributed by atoms with Gasteiger partial charge in [0.25, 0.3) is 0 Å². The highest BCUT2D eigenvalue weighted by Crippen LogP contribution is 2.17. The molecule has 0 amide bonds. The highest BCUT2D eigenvalue weighted by Gasteiger charge is 2.17. The number of hydrogen-bond acceptors (Lipinski definition) is 2. The Morgan fingerprint density at radius 3 is 2.29 bits per heavy atom. The standard InChI is InChI=1S/C14H20O3/c1-10(2)12-6-4-11(5-7-12)8-13(9-17-3)14(15)16/h4-7,10,13H,8-9H2,1-3H3,(H,15,16). The lowest BCUT2D eigenvalue weighted by atomic mass is 9.96. The molecule has 1 N–H and O–H groups in total. The van der Waals surface area contributed by atoms with Gasteiger partial charge in [0.05, 0.1) is 12.5 Å². The molecule has 1 aromatic carbocycles. The fraction of sp³-hybridized carbons (Fsp3) is 0.500. The Kier molecular flexibility index (Phi) is 5.16. The number of carboxylic acids is 1. The topological polar surface area (TPSA) is 46.5 Å². The summed E-state index contributed by atoms with van der Waals surface area (Å²) in [5.74, 6) is -0.775. The molecule has 0 spiro atoms. The van der Waals surface area contributed by atoms with Crippen LogP contribution in [0.2, 0.25) is 0 Å². The van der Waals surface area contributed by atoms with Gasteiger partial charge in [-0.2, -0.15) is 0 Å². The molecular formula is C14H20O3. The number of rotatable bonds is 6. The largest absolute Gasteiger partial charge is 0.481 e. The van der Waals surface area contributed by atoms with Gasteiger partial charge in [-0.3, -0.25) is 4.79 Å². The molecule has 0 bridgehead atoms. The lowest BCUT2D eigenvalue weighted by Crippen LogP contribution is -2.21. The van der Waals surface area contributed by atoms with E-state index < -0.39 is 11.9 Å². The molecule has 1 aromatic rings. The molecule has 1 rings (SSSR count). The first kappa shape index (κ1) is 13.7. The number of aliphatic carboxylic acids is 1. The van der Waals surface area contributed by atoms with Crippen LogP contribution in [0.1, 0.15) is 30.9 Å². The van der Waals surface area contributed by atoms with Crippen LogP contribution in [-0.4, -0.2) is 24.8 Å². The van der Waals surface area contributed by atoms with E-state index >= 15 is 0 Å². The molecule has 3 nitrogen and oxygen atoms in total. The van der Waals surface area contributed by atoms with E-state index in [1.807, 2.05) is 12.1 Å². The number of methoxy groups -OCH3 is 1. The number of carboxylic acid groups (broad SMARTS) is 1. The molecule has 0 heterocycles. The lowest BCUT2D eigenvalue weighted by molar-refractivity contribution is -0.143. The molecule has 0 fully saturated rings. The molecule has 0 aromatic heterocycles. The summed E-state index contributed by atoms with van der Waals surface area (Å²) in [4.78, 5) is 11.0. The first-order valence-electron chi connectivity index (χ1n) is 5.85. The van der Waals surface area contributed by atoms with Gasteiger partial charge in [0.2, 0.25) is 0 Å². The maximum absolute atomic E-state index is 11.0. The second-order valence-corrected chi connectivity index (χ2v) is 4.59. The van der Waals surface area contributed by atoms with Gasteiger partial charge in [-0.05, 0) is 23.5 Å². The Balaban J connectivity index is 2.70. The number of ether oxygens (including phenoxy) is 1. The van der Waals surface area contributed by atoms with E-state index in [-0.39, 0.29) is 6.61 Å². The van der Waals surface area contributed by atoms with E-state index in [4.69, 9.17) is 9.84 Å². The first-order chi connectivity index (χ1) is 8.04. The van der Waals surface area contributed by atoms with Crippen molar-refractivity contribution >= 4 is 5.97 Å². The minimum absolute atomic E-state index is 0.251. The van der Waals surface area contributed by atoms with Crippen LogP contribution in [0, 0.1) is 5.92 Å². The predicted molar refractivity (Wildman–Crippen MR) is 67.2 cm³/mol. The fourth-order valence-corrected chi connectivity index (χ4v) is 1.74. The number of carbonyl (C=O) groups is 1. The summed E-state index contributed by atoms with van der Waals surface area (Å²) >= 11 is 0. The highest BCUT2D eigenvalue weighted by molar-refractivity contribution is 5.70. The molecule has 1 unspecified atom stereocenters. The van der Waals surface area contributed by atoms with Crippen LogP contribution in [0.5, 0.6) is 0 Å². The summed E-state index contributed by atoms with van der Waals surface area (Å²) < 4.78 is 4.92. The SMILES string of the molecule is COCC(Cc1ccc(C(C)C)cc1)C(=O)O. The van der Waals surface area contributed by atoms with Crippen LogP contribution in [0.15, 0.2) is 24.3 Å². The quantitative estimate of drug-likeness (QED) is 0.826. The van der Waals surface area contributed by atoms with Crippen molar-refractivity contribution in [3.8, 4) is 0 Å². The molecule has 0 saturated carbocycles. The first-order valence-corrected chi connectivity index (χ1v) is 5.85. The smallest absolute Gasteiger partial charge is 0.309 e. The Bertz CT molecular complexity index is 354. The molecule has 17 heavy (non-hydrogen) atoms. The van der Waals surface area contributed by atoms with Gasteiger partial charge in [-0.25, -0.2) is 0 Å². The molecule has 94 valence electrons. The summed E-state index contributed by atoms with van der Waals surface area (Å²) in [5, 5.41) is 9.03. The van der Waals surface area contributed by atoms with E-state index in [1.54, 1.807) is 0 Å². The van der Waals surface area contributed by atoms with Crippen LogP contribution in [0.4, 0.5) is 0 Å². The highest BCUT2D eigenvalue weighted by atomic mass is 16.5. The zero-order chi connectivity index (χ0) is 12.8. The van der Waals surface area contributed by atoms with E-state index in [2.05, 4.69) is 26.0 Å². The molecule has 0 aliphatic carbocycles. The van der Waals surface area contributed by atoms with Crippen LogP contribution >= 0.6 is 0 Å². The van der Waals surface area contributed by atoms with Gasteiger partial charge >= 0.3 is 5.97 Å². The molecular weight excluding hydrogens is 216 g/mol. The van der Waals surface area contributed by atoms with Crippen LogP contribution in [0.3, 0.4) is 0 Å². The zero-order valence-corrected chi connectivity index (χ0v) is 10.6. The molecule has 3 heteroatoms. The minimum atomic E-state index is -0.806. The Labute approximate surface area is 102 Å². The predicted octanol–water partition coefficient (Wildman–Crippen LogP) is 2.70. The van der Waals surface area contributed by atoms with Crippen molar-refractivity contribution in [2.45, 2.75) is 26.2 Å². The van der Waals surface area contributed by atoms with Crippen LogP contribution < -0.4 is 0 Å². The lowest BCUT2D eigenvalue weighted by Gasteiger charge is -2.12. The van der Waals surface area contributed by atoms with Crippen molar-refractivity contribution in [2.24, 2.45) is 5.92 Å². The molecule has 0 saturated heterocycles. The van der Waals surface area contributed by atoms with Crippen LogP contribution in [0.25, 0.3) is 0 Å². The van der Waals surface area contributed by atoms with Gasteiger partial charge < -0.3 is 9.84 Å². The fourth-order valence-electron chi connectivity index (χ4n) is 1.74. The summed E-state index contributed by atoms with van der Waals surface area (Å²) in [5.41, 5.74) is 2.31. The van der Waals surface area contributed by atoms with Crippen molar-refractivity contribution in [1.82, 2.24) is 0 Å². The Morgan fingerprint density at radius 2 is 1.88 bits per heavy atom. The number of benzene rings is 1. The minimum Gasteiger partial charge on any atom is -0.481 e. The van der Waals surface area contributed by atoms with Gasteiger partial charge in [0.15, 0.2) is 0 Å². The monoisotopic (exact) mass is 236 g/mol. The normalized spacial score (nSPS) is 12.7. The summed E-state index contributed by atoms with van der Waals surface area (Å²) in [7, 11) is 1.53. The Morgan fingerprint density at radius 1 is 1.29 bits per heavy atom. The third-order valence-corrected chi connectivity index (χ3v) is 2.85. The third-order valence-electron chi connectivity index (χ3n) is 2.85. The van der Waals surface area contributed by atoms with Gasteiger partial charge in [-0.1, -0.05) is 38.1 Å². The van der Waals surface area contributed by atoms with E-state index in [1.165, 1.54) is 12.7 Å². The Hall–Kier alpha value is -1.35. The average molecular weight is 236 g/mol. The second kappa shape index (κ2) is 6.40. The molecule has 0 aliphatic rings. The maximum atomic E-state index is 11.0. The summed E-state index contributed by atoms with van der Waals surface area (Å²) in [6.45, 7) is 4.53. The van der Waals surface area contributed by atoms with Crippen molar-refractivity contribution < 1.29 is 14.6 Å². The second-order valence-electron chi connectivity index (χ2n) is 4.59. The summed E-state index contributed by atoms with van der Waals surface area (Å²) in [6.07, 6.45) is 0.515. The van der Waals surface area contributed by atoms with E-state index in [0.29, 0.717) is 12.3 Å². The van der Waals surface area contributed by atoms with Gasteiger partial charge in [0, 0.05) is 7.11 Å². The van der Waals surface area contributed by atoms with Gasteiger partial charge in [0.1, 0.15) is 0 Å². The van der Waals surface area contributed by atoms with Gasteiger partial charge in [-0.15, -0.1) is 0 Å². The third kappa shape index (κ3) is 4.19. The van der Waals surface area contributed by atoms with Crippen molar-refractivity contribution in [1.29, 1.82) is 0 Å². The van der Waals surface area contributed by atoms with Crippen molar-refractivity contribution in [2.75, 3.05) is 13.7 Å². The van der Waals surface area contributed by atoms with E-state index in [0.717, 1.165) is 5.56 Å². The van der Waals surface area contributed by atoms with Crippen molar-refractivity contribution in [3.05, 3.63) is 35.4 Å².